The lowest BCUT2D eigenvalue weighted by molar-refractivity contribution is -0.137. The summed E-state index contributed by atoms with van der Waals surface area (Å²) in [7, 11) is 0. The number of nitrogens with zero attached hydrogens (tertiary/aromatic N) is 3. The van der Waals surface area contributed by atoms with Crippen molar-refractivity contribution in [2.24, 2.45) is 0 Å². The van der Waals surface area contributed by atoms with Crippen molar-refractivity contribution in [2.75, 3.05) is 0 Å². The third-order valence-corrected chi connectivity index (χ3v) is 4.87. The summed E-state index contributed by atoms with van der Waals surface area (Å²) in [6.45, 7) is 2.10. The first-order chi connectivity index (χ1) is 15.3. The molecule has 32 heavy (non-hydrogen) atoms. The minimum Gasteiger partial charge on any atom is -0.350 e. The van der Waals surface area contributed by atoms with Crippen molar-refractivity contribution in [2.45, 2.75) is 26.2 Å². The van der Waals surface area contributed by atoms with E-state index in [1.54, 1.807) is 22.9 Å². The molecule has 0 atom stereocenters. The van der Waals surface area contributed by atoms with Gasteiger partial charge in [-0.3, -0.25) is 4.79 Å². The Kier molecular flexibility index (Phi) is 5.81. The second-order valence-electron chi connectivity index (χ2n) is 7.28. The SMILES string of the molecule is Cc1ccc(-c2noc(-c3cccn3CC(=O)NCc3ccc(C(F)(F)F)cc3)n2)cc1. The maximum atomic E-state index is 12.6. The van der Waals surface area contributed by atoms with Crippen LogP contribution in [0.2, 0.25) is 0 Å². The Labute approximate surface area is 181 Å². The van der Waals surface area contributed by atoms with E-state index in [0.717, 1.165) is 23.3 Å². The summed E-state index contributed by atoms with van der Waals surface area (Å²) in [5.41, 5.74) is 2.36. The zero-order valence-corrected chi connectivity index (χ0v) is 17.1. The molecule has 6 nitrogen and oxygen atoms in total. The molecule has 0 aliphatic heterocycles. The fraction of sp³-hybridized carbons (Fsp3) is 0.174. The number of nitrogens with one attached hydrogen (secondary N) is 1. The smallest absolute Gasteiger partial charge is 0.350 e. The Morgan fingerprint density at radius 2 is 1.78 bits per heavy atom. The molecule has 0 aliphatic carbocycles. The Morgan fingerprint density at radius 3 is 2.47 bits per heavy atom. The minimum atomic E-state index is -4.39. The van der Waals surface area contributed by atoms with Crippen LogP contribution in [0.25, 0.3) is 23.0 Å². The number of halogens is 3. The summed E-state index contributed by atoms with van der Waals surface area (Å²) in [6.07, 6.45) is -2.68. The summed E-state index contributed by atoms with van der Waals surface area (Å²) < 4.78 is 45.0. The van der Waals surface area contributed by atoms with Gasteiger partial charge in [0.15, 0.2) is 0 Å². The first kappa shape index (κ1) is 21.4. The standard InChI is InChI=1S/C23H19F3N4O2/c1-15-4-8-17(9-5-15)21-28-22(32-29-21)19-3-2-12-30(19)14-20(31)27-13-16-6-10-18(11-7-16)23(24,25)26/h2-12H,13-14H2,1H3,(H,27,31). The molecule has 1 amide bonds. The van der Waals surface area contributed by atoms with Crippen LogP contribution in [-0.4, -0.2) is 20.6 Å². The highest BCUT2D eigenvalue weighted by atomic mass is 19.4. The van der Waals surface area contributed by atoms with Crippen LogP contribution in [0.3, 0.4) is 0 Å². The number of alkyl halides is 3. The first-order valence-electron chi connectivity index (χ1n) is 9.79. The van der Waals surface area contributed by atoms with Crippen molar-refractivity contribution in [3.63, 3.8) is 0 Å². The lowest BCUT2D eigenvalue weighted by atomic mass is 10.1. The predicted octanol–water partition coefficient (Wildman–Crippen LogP) is 4.85. The van der Waals surface area contributed by atoms with Crippen LogP contribution in [0.5, 0.6) is 0 Å². The fourth-order valence-corrected chi connectivity index (χ4v) is 3.12. The van der Waals surface area contributed by atoms with Gasteiger partial charge < -0.3 is 14.4 Å². The van der Waals surface area contributed by atoms with Crippen LogP contribution in [0.15, 0.2) is 71.4 Å². The Morgan fingerprint density at radius 1 is 1.06 bits per heavy atom. The summed E-state index contributed by atoms with van der Waals surface area (Å²) >= 11 is 0. The molecule has 0 spiro atoms. The van der Waals surface area contributed by atoms with Gasteiger partial charge in [0.25, 0.3) is 5.89 Å². The maximum absolute atomic E-state index is 12.6. The van der Waals surface area contributed by atoms with E-state index in [-0.39, 0.29) is 24.9 Å². The molecule has 0 saturated heterocycles. The van der Waals surface area contributed by atoms with E-state index < -0.39 is 11.7 Å². The van der Waals surface area contributed by atoms with Crippen molar-refractivity contribution in [3.05, 3.63) is 83.6 Å². The van der Waals surface area contributed by atoms with E-state index in [2.05, 4.69) is 15.5 Å². The van der Waals surface area contributed by atoms with E-state index in [1.165, 1.54) is 12.1 Å². The highest BCUT2D eigenvalue weighted by Crippen LogP contribution is 2.29. The van der Waals surface area contributed by atoms with Gasteiger partial charge in [-0.1, -0.05) is 47.1 Å². The molecule has 4 rings (SSSR count). The molecule has 9 heteroatoms. The average Bonchev–Trinajstić information content (AvgIpc) is 3.42. The molecule has 0 unspecified atom stereocenters. The van der Waals surface area contributed by atoms with Crippen LogP contribution in [0, 0.1) is 6.92 Å². The second-order valence-corrected chi connectivity index (χ2v) is 7.28. The zero-order chi connectivity index (χ0) is 22.7. The van der Waals surface area contributed by atoms with Crippen LogP contribution in [0.4, 0.5) is 13.2 Å². The van der Waals surface area contributed by atoms with E-state index in [1.807, 2.05) is 31.2 Å². The Bertz CT molecular complexity index is 1210. The van der Waals surface area contributed by atoms with Crippen LogP contribution in [0.1, 0.15) is 16.7 Å². The molecule has 0 radical (unpaired) electrons. The van der Waals surface area contributed by atoms with Crippen molar-refractivity contribution in [3.8, 4) is 23.0 Å². The molecule has 2 heterocycles. The predicted molar refractivity (Wildman–Crippen MR) is 111 cm³/mol. The number of carbonyl (C=O) groups excluding carboxylic acids is 1. The van der Waals surface area contributed by atoms with Crippen LogP contribution < -0.4 is 5.32 Å². The molecule has 4 aromatic rings. The summed E-state index contributed by atoms with van der Waals surface area (Å²) in [5, 5.41) is 6.72. The van der Waals surface area contributed by atoms with Crippen molar-refractivity contribution >= 4 is 5.91 Å². The number of benzene rings is 2. The third kappa shape index (κ3) is 4.88. The zero-order valence-electron chi connectivity index (χ0n) is 17.1. The molecule has 2 aromatic heterocycles. The monoisotopic (exact) mass is 440 g/mol. The quantitative estimate of drug-likeness (QED) is 0.465. The summed E-state index contributed by atoms with van der Waals surface area (Å²) in [5.74, 6) is 0.418. The van der Waals surface area contributed by atoms with Gasteiger partial charge in [-0.05, 0) is 36.8 Å². The molecule has 0 fully saturated rings. The second kappa shape index (κ2) is 8.70. The summed E-state index contributed by atoms with van der Waals surface area (Å²) in [4.78, 5) is 16.8. The lowest BCUT2D eigenvalue weighted by Gasteiger charge is -2.10. The number of hydrogen-bond acceptors (Lipinski definition) is 4. The van der Waals surface area contributed by atoms with Gasteiger partial charge in [0, 0.05) is 18.3 Å². The maximum Gasteiger partial charge on any atom is 0.416 e. The summed E-state index contributed by atoms with van der Waals surface area (Å²) in [6, 6.07) is 15.9. The van der Waals surface area contributed by atoms with Gasteiger partial charge in [0.2, 0.25) is 11.7 Å². The Balaban J connectivity index is 1.40. The molecule has 1 N–H and O–H groups in total. The topological polar surface area (TPSA) is 73.0 Å². The van der Waals surface area contributed by atoms with E-state index >= 15 is 0 Å². The number of amides is 1. The minimum absolute atomic E-state index is 0.00872. The van der Waals surface area contributed by atoms with Gasteiger partial charge >= 0.3 is 6.18 Å². The lowest BCUT2D eigenvalue weighted by Crippen LogP contribution is -2.27. The number of hydrogen-bond donors (Lipinski definition) is 1. The normalized spacial score (nSPS) is 11.5. The molecule has 0 bridgehead atoms. The number of rotatable bonds is 6. The van der Waals surface area contributed by atoms with Gasteiger partial charge in [0.1, 0.15) is 12.2 Å². The number of aryl methyl sites for hydroxylation is 1. The Hall–Kier alpha value is -3.88. The average molecular weight is 440 g/mol. The molecular weight excluding hydrogens is 421 g/mol. The van der Waals surface area contributed by atoms with Crippen LogP contribution in [-0.2, 0) is 24.1 Å². The van der Waals surface area contributed by atoms with Gasteiger partial charge in [-0.25, -0.2) is 0 Å². The van der Waals surface area contributed by atoms with E-state index in [9.17, 15) is 18.0 Å². The number of carbonyl (C=O) groups is 1. The van der Waals surface area contributed by atoms with E-state index in [0.29, 0.717) is 17.1 Å². The third-order valence-electron chi connectivity index (χ3n) is 4.87. The molecular formula is C23H19F3N4O2. The highest BCUT2D eigenvalue weighted by Gasteiger charge is 2.29. The molecule has 2 aromatic carbocycles. The highest BCUT2D eigenvalue weighted by molar-refractivity contribution is 5.76. The van der Waals surface area contributed by atoms with Gasteiger partial charge in [0.05, 0.1) is 5.56 Å². The van der Waals surface area contributed by atoms with Crippen molar-refractivity contribution in [1.82, 2.24) is 20.0 Å². The van der Waals surface area contributed by atoms with Crippen LogP contribution >= 0.6 is 0 Å². The first-order valence-corrected chi connectivity index (χ1v) is 9.79. The van der Waals surface area contributed by atoms with E-state index in [4.69, 9.17) is 4.52 Å². The fourth-order valence-electron chi connectivity index (χ4n) is 3.12. The van der Waals surface area contributed by atoms with Gasteiger partial charge in [-0.15, -0.1) is 0 Å². The molecule has 0 aliphatic rings. The van der Waals surface area contributed by atoms with Crippen molar-refractivity contribution < 1.29 is 22.5 Å². The van der Waals surface area contributed by atoms with Gasteiger partial charge in [-0.2, -0.15) is 18.2 Å². The molecule has 164 valence electrons. The largest absolute Gasteiger partial charge is 0.416 e. The number of aromatic nitrogens is 3. The molecule has 0 saturated carbocycles. The van der Waals surface area contributed by atoms with Crippen molar-refractivity contribution in [1.29, 1.82) is 0 Å².